The Hall–Kier alpha value is -2.81. The Kier molecular flexibility index (Phi) is 4.84. The van der Waals surface area contributed by atoms with Gasteiger partial charge in [-0.25, -0.2) is 15.0 Å². The van der Waals surface area contributed by atoms with Crippen LogP contribution >= 0.6 is 0 Å². The lowest BCUT2D eigenvalue weighted by atomic mass is 9.92. The number of piperidine rings is 1. The van der Waals surface area contributed by atoms with E-state index in [1.165, 1.54) is 0 Å². The summed E-state index contributed by atoms with van der Waals surface area (Å²) in [6, 6.07) is 4.98. The van der Waals surface area contributed by atoms with Crippen LogP contribution in [0.25, 0.3) is 11.0 Å². The van der Waals surface area contributed by atoms with Crippen LogP contribution in [0.1, 0.15) is 35.6 Å². The summed E-state index contributed by atoms with van der Waals surface area (Å²) in [6.45, 7) is 2.23. The number of hydrogen-bond donors (Lipinski definition) is 1. The van der Waals surface area contributed by atoms with Crippen molar-refractivity contribution >= 4 is 16.9 Å². The average molecular weight is 388 g/mol. The summed E-state index contributed by atoms with van der Waals surface area (Å²) < 4.78 is 41.0. The second kappa shape index (κ2) is 7.31. The first kappa shape index (κ1) is 18.5. The highest BCUT2D eigenvalue weighted by Crippen LogP contribution is 2.38. The summed E-state index contributed by atoms with van der Waals surface area (Å²) in [6.07, 6.45) is 1.77. The molecule has 1 atom stereocenters. The minimum absolute atomic E-state index is 0.0123. The number of halogens is 3. The number of nitrogens with zero attached hydrogens (tertiary/aromatic N) is 5. The second-order valence-corrected chi connectivity index (χ2v) is 6.99. The van der Waals surface area contributed by atoms with Gasteiger partial charge in [0.15, 0.2) is 5.65 Å². The van der Waals surface area contributed by atoms with Gasteiger partial charge < -0.3 is 5.73 Å². The number of anilines is 1. The molecule has 28 heavy (non-hydrogen) atoms. The van der Waals surface area contributed by atoms with Crippen molar-refractivity contribution in [2.45, 2.75) is 31.5 Å². The molecule has 0 bridgehead atoms. The van der Waals surface area contributed by atoms with Gasteiger partial charge in [-0.15, -0.1) is 0 Å². The van der Waals surface area contributed by atoms with Crippen molar-refractivity contribution in [1.29, 1.82) is 0 Å². The smallest absolute Gasteiger partial charge is 0.383 e. The molecule has 4 heterocycles. The van der Waals surface area contributed by atoms with Crippen LogP contribution in [0.15, 0.2) is 36.9 Å². The van der Waals surface area contributed by atoms with E-state index in [9.17, 15) is 13.2 Å². The number of pyridine rings is 2. The van der Waals surface area contributed by atoms with E-state index in [0.717, 1.165) is 37.3 Å². The van der Waals surface area contributed by atoms with Crippen LogP contribution in [0.2, 0.25) is 0 Å². The largest absolute Gasteiger partial charge is 0.417 e. The fourth-order valence-corrected chi connectivity index (χ4v) is 3.73. The Bertz CT molecular complexity index is 977. The summed E-state index contributed by atoms with van der Waals surface area (Å²) in [7, 11) is 0. The average Bonchev–Trinajstić information content (AvgIpc) is 2.68. The van der Waals surface area contributed by atoms with Crippen LogP contribution in [0, 0.1) is 0 Å². The number of nitrogens with two attached hydrogens (primary N) is 1. The van der Waals surface area contributed by atoms with Crippen molar-refractivity contribution < 1.29 is 13.2 Å². The second-order valence-electron chi connectivity index (χ2n) is 6.99. The number of hydrogen-bond acceptors (Lipinski definition) is 6. The molecule has 4 rings (SSSR count). The third-order valence-electron chi connectivity index (χ3n) is 5.01. The highest BCUT2D eigenvalue weighted by atomic mass is 19.4. The van der Waals surface area contributed by atoms with Crippen LogP contribution in [-0.4, -0.2) is 37.9 Å². The monoisotopic (exact) mass is 388 g/mol. The molecule has 9 heteroatoms. The number of alkyl halides is 3. The maximum atomic E-state index is 13.7. The zero-order chi connectivity index (χ0) is 19.7. The van der Waals surface area contributed by atoms with Gasteiger partial charge in [0.1, 0.15) is 12.1 Å². The van der Waals surface area contributed by atoms with Gasteiger partial charge in [0.2, 0.25) is 0 Å². The minimum Gasteiger partial charge on any atom is -0.383 e. The van der Waals surface area contributed by atoms with E-state index in [0.29, 0.717) is 18.8 Å². The molecule has 0 amide bonds. The molecule has 146 valence electrons. The summed E-state index contributed by atoms with van der Waals surface area (Å²) in [5.74, 6) is -0.315. The molecule has 0 radical (unpaired) electrons. The van der Waals surface area contributed by atoms with Gasteiger partial charge in [0.05, 0.1) is 10.9 Å². The predicted molar refractivity (Wildman–Crippen MR) is 98.2 cm³/mol. The molecule has 6 nitrogen and oxygen atoms in total. The van der Waals surface area contributed by atoms with E-state index >= 15 is 0 Å². The van der Waals surface area contributed by atoms with Crippen molar-refractivity contribution in [3.63, 3.8) is 0 Å². The van der Waals surface area contributed by atoms with Gasteiger partial charge in [-0.1, -0.05) is 6.07 Å². The van der Waals surface area contributed by atoms with E-state index in [1.807, 2.05) is 12.1 Å². The molecule has 0 aliphatic carbocycles. The lowest BCUT2D eigenvalue weighted by molar-refractivity contribution is -0.136. The third kappa shape index (κ3) is 3.75. The normalized spacial score (nSPS) is 18.5. The van der Waals surface area contributed by atoms with Gasteiger partial charge in [-0.2, -0.15) is 13.2 Å². The van der Waals surface area contributed by atoms with Crippen LogP contribution in [0.5, 0.6) is 0 Å². The maximum Gasteiger partial charge on any atom is 0.417 e. The molecule has 0 aromatic carbocycles. The zero-order valence-electron chi connectivity index (χ0n) is 15.0. The topological polar surface area (TPSA) is 80.8 Å². The minimum atomic E-state index is -4.56. The summed E-state index contributed by atoms with van der Waals surface area (Å²) in [4.78, 5) is 18.4. The Balaban J connectivity index is 1.66. The number of aromatic nitrogens is 4. The Morgan fingerprint density at radius 3 is 2.86 bits per heavy atom. The van der Waals surface area contributed by atoms with Gasteiger partial charge in [0.25, 0.3) is 0 Å². The molecular formula is C19H19F3N6. The fourth-order valence-electron chi connectivity index (χ4n) is 3.73. The van der Waals surface area contributed by atoms with E-state index in [2.05, 4.69) is 24.8 Å². The number of fused-ring (bicyclic) bond motifs is 1. The molecule has 3 aromatic heterocycles. The first-order valence-corrected chi connectivity index (χ1v) is 9.01. The molecule has 1 saturated heterocycles. The molecule has 2 N–H and O–H groups in total. The van der Waals surface area contributed by atoms with E-state index in [1.54, 1.807) is 12.4 Å². The summed E-state index contributed by atoms with van der Waals surface area (Å²) in [5, 5.41) is -0.234. The van der Waals surface area contributed by atoms with Crippen molar-refractivity contribution in [3.05, 3.63) is 53.7 Å². The SMILES string of the molecule is Nc1ncnc2nc(C3CCCN(Cc4cccnc4)C3)cc(C(F)(F)F)c12. The Labute approximate surface area is 159 Å². The van der Waals surface area contributed by atoms with Crippen molar-refractivity contribution in [3.8, 4) is 0 Å². The van der Waals surface area contributed by atoms with E-state index in [-0.39, 0.29) is 22.8 Å². The van der Waals surface area contributed by atoms with Crippen LogP contribution in [-0.2, 0) is 12.7 Å². The van der Waals surface area contributed by atoms with Gasteiger partial charge in [-0.3, -0.25) is 9.88 Å². The standard InChI is InChI=1S/C19H19F3N6/c20-19(21,22)14-7-15(27-18-16(14)17(23)25-11-26-18)13-4-2-6-28(10-13)9-12-3-1-5-24-8-12/h1,3,5,7-8,11,13H,2,4,6,9-10H2,(H2,23,25,26,27). The van der Waals surface area contributed by atoms with Crippen LogP contribution < -0.4 is 5.73 Å². The molecular weight excluding hydrogens is 369 g/mol. The number of nitrogen functional groups attached to an aromatic ring is 1. The molecule has 3 aromatic rings. The quantitative estimate of drug-likeness (QED) is 0.741. The summed E-state index contributed by atoms with van der Waals surface area (Å²) >= 11 is 0. The molecule has 1 fully saturated rings. The molecule has 0 saturated carbocycles. The molecule has 1 aliphatic heterocycles. The predicted octanol–water partition coefficient (Wildman–Crippen LogP) is 3.40. The number of likely N-dealkylation sites (tertiary alicyclic amines) is 1. The Morgan fingerprint density at radius 2 is 2.11 bits per heavy atom. The lowest BCUT2D eigenvalue weighted by Crippen LogP contribution is -2.34. The highest BCUT2D eigenvalue weighted by molar-refractivity contribution is 5.89. The third-order valence-corrected chi connectivity index (χ3v) is 5.01. The Morgan fingerprint density at radius 1 is 1.25 bits per heavy atom. The van der Waals surface area contributed by atoms with E-state index < -0.39 is 11.7 Å². The van der Waals surface area contributed by atoms with Crippen LogP contribution in [0.3, 0.4) is 0 Å². The summed E-state index contributed by atoms with van der Waals surface area (Å²) in [5.41, 5.74) is 6.32. The molecule has 0 spiro atoms. The van der Waals surface area contributed by atoms with E-state index in [4.69, 9.17) is 5.73 Å². The van der Waals surface area contributed by atoms with Gasteiger partial charge in [-0.05, 0) is 37.1 Å². The van der Waals surface area contributed by atoms with Gasteiger partial charge >= 0.3 is 6.18 Å². The zero-order valence-corrected chi connectivity index (χ0v) is 15.0. The van der Waals surface area contributed by atoms with Crippen molar-refractivity contribution in [2.75, 3.05) is 18.8 Å². The molecule has 1 unspecified atom stereocenters. The first-order chi connectivity index (χ1) is 13.4. The lowest BCUT2D eigenvalue weighted by Gasteiger charge is -2.32. The highest BCUT2D eigenvalue weighted by Gasteiger charge is 2.36. The maximum absolute atomic E-state index is 13.7. The molecule has 1 aliphatic rings. The first-order valence-electron chi connectivity index (χ1n) is 9.01. The van der Waals surface area contributed by atoms with Crippen molar-refractivity contribution in [1.82, 2.24) is 24.8 Å². The number of rotatable bonds is 3. The van der Waals surface area contributed by atoms with Gasteiger partial charge in [0, 0.05) is 37.1 Å². The van der Waals surface area contributed by atoms with Crippen LogP contribution in [0.4, 0.5) is 19.0 Å². The fraction of sp³-hybridized carbons (Fsp3) is 0.368. The van der Waals surface area contributed by atoms with Crippen molar-refractivity contribution in [2.24, 2.45) is 0 Å².